The molecular weight excluding hydrogens is 275 g/mol. The predicted octanol–water partition coefficient (Wildman–Crippen LogP) is 3.08. The Morgan fingerprint density at radius 1 is 1.21 bits per heavy atom. The number of aldehydes is 1. The zero-order valence-corrected chi connectivity index (χ0v) is 9.63. The van der Waals surface area contributed by atoms with E-state index in [2.05, 4.69) is 4.74 Å². The quantitative estimate of drug-likeness (QED) is 0.615. The van der Waals surface area contributed by atoms with Gasteiger partial charge in [0, 0.05) is 6.07 Å². The molecule has 0 saturated carbocycles. The number of benzene rings is 1. The van der Waals surface area contributed by atoms with Crippen LogP contribution in [-0.2, 0) is 0 Å². The molecule has 19 heavy (non-hydrogen) atoms. The standard InChI is InChI=1S/C11H9F5O3/c1-18-9-4-8(3-2-7(9)5-17)19-6-10(12,13)11(14,15)16/h2-5H,6H2,1H3. The van der Waals surface area contributed by atoms with Crippen LogP contribution in [0.4, 0.5) is 22.0 Å². The van der Waals surface area contributed by atoms with Gasteiger partial charge >= 0.3 is 12.1 Å². The van der Waals surface area contributed by atoms with Crippen LogP contribution in [0.25, 0.3) is 0 Å². The molecule has 1 rings (SSSR count). The van der Waals surface area contributed by atoms with Crippen LogP contribution in [-0.4, -0.2) is 32.1 Å². The second-order valence-corrected chi connectivity index (χ2v) is 3.51. The van der Waals surface area contributed by atoms with Gasteiger partial charge in [-0.2, -0.15) is 22.0 Å². The fourth-order valence-corrected chi connectivity index (χ4v) is 1.13. The van der Waals surface area contributed by atoms with Crippen LogP contribution in [0.1, 0.15) is 10.4 Å². The number of hydrogen-bond acceptors (Lipinski definition) is 3. The van der Waals surface area contributed by atoms with Gasteiger partial charge in [-0.15, -0.1) is 0 Å². The van der Waals surface area contributed by atoms with E-state index in [-0.39, 0.29) is 17.1 Å². The SMILES string of the molecule is COc1cc(OCC(F)(F)C(F)(F)F)ccc1C=O. The van der Waals surface area contributed by atoms with Crippen molar-refractivity contribution < 1.29 is 36.2 Å². The van der Waals surface area contributed by atoms with Gasteiger partial charge in [-0.1, -0.05) is 0 Å². The molecular formula is C11H9F5O3. The van der Waals surface area contributed by atoms with E-state index in [1.54, 1.807) is 0 Å². The van der Waals surface area contributed by atoms with E-state index in [0.717, 1.165) is 12.1 Å². The van der Waals surface area contributed by atoms with Crippen LogP contribution in [0.5, 0.6) is 11.5 Å². The summed E-state index contributed by atoms with van der Waals surface area (Å²) in [6, 6.07) is 3.34. The number of rotatable bonds is 5. The zero-order chi connectivity index (χ0) is 14.7. The highest BCUT2D eigenvalue weighted by Gasteiger charge is 2.58. The van der Waals surface area contributed by atoms with Crippen molar-refractivity contribution in [2.75, 3.05) is 13.7 Å². The third-order valence-electron chi connectivity index (χ3n) is 2.17. The number of carbonyl (C=O) groups excluding carboxylic acids is 1. The molecule has 0 fully saturated rings. The summed E-state index contributed by atoms with van der Waals surface area (Å²) in [7, 11) is 1.22. The first-order valence-electron chi connectivity index (χ1n) is 4.92. The summed E-state index contributed by atoms with van der Waals surface area (Å²) in [5, 5.41) is 0. The van der Waals surface area contributed by atoms with E-state index in [1.165, 1.54) is 13.2 Å². The minimum atomic E-state index is -5.68. The van der Waals surface area contributed by atoms with E-state index in [4.69, 9.17) is 4.74 Å². The van der Waals surface area contributed by atoms with Crippen LogP contribution < -0.4 is 9.47 Å². The van der Waals surface area contributed by atoms with E-state index in [1.807, 2.05) is 0 Å². The largest absolute Gasteiger partial charge is 0.496 e. The molecule has 0 unspecified atom stereocenters. The van der Waals surface area contributed by atoms with Crippen molar-refractivity contribution in [3.8, 4) is 11.5 Å². The van der Waals surface area contributed by atoms with Gasteiger partial charge in [0.25, 0.3) is 0 Å². The average Bonchev–Trinajstić information content (AvgIpc) is 2.34. The Balaban J connectivity index is 2.82. The van der Waals surface area contributed by atoms with Crippen LogP contribution in [0.2, 0.25) is 0 Å². The van der Waals surface area contributed by atoms with Gasteiger partial charge in [-0.25, -0.2) is 0 Å². The van der Waals surface area contributed by atoms with Gasteiger partial charge in [-0.3, -0.25) is 4.79 Å². The van der Waals surface area contributed by atoms with Crippen molar-refractivity contribution in [1.29, 1.82) is 0 Å². The number of hydrogen-bond donors (Lipinski definition) is 0. The van der Waals surface area contributed by atoms with E-state index in [9.17, 15) is 26.7 Å². The van der Waals surface area contributed by atoms with Gasteiger partial charge < -0.3 is 9.47 Å². The van der Waals surface area contributed by atoms with Crippen LogP contribution in [0.3, 0.4) is 0 Å². The topological polar surface area (TPSA) is 35.5 Å². The highest BCUT2D eigenvalue weighted by atomic mass is 19.4. The summed E-state index contributed by atoms with van der Waals surface area (Å²) < 4.78 is 70.0. The minimum absolute atomic E-state index is 0.0165. The maximum absolute atomic E-state index is 12.6. The second-order valence-electron chi connectivity index (χ2n) is 3.51. The highest BCUT2D eigenvalue weighted by Crippen LogP contribution is 2.36. The van der Waals surface area contributed by atoms with Crippen molar-refractivity contribution in [3.05, 3.63) is 23.8 Å². The van der Waals surface area contributed by atoms with Gasteiger partial charge in [-0.05, 0) is 12.1 Å². The fourth-order valence-electron chi connectivity index (χ4n) is 1.13. The summed E-state index contributed by atoms with van der Waals surface area (Å²) in [6.07, 6.45) is -5.23. The Hall–Kier alpha value is -1.86. The van der Waals surface area contributed by atoms with Crippen molar-refractivity contribution in [2.24, 2.45) is 0 Å². The maximum Gasteiger partial charge on any atom is 0.456 e. The molecule has 0 saturated heterocycles. The molecule has 1 aromatic rings. The molecule has 0 bridgehead atoms. The van der Waals surface area contributed by atoms with Crippen molar-refractivity contribution in [3.63, 3.8) is 0 Å². The molecule has 0 aliphatic rings. The van der Waals surface area contributed by atoms with Gasteiger partial charge in [0.2, 0.25) is 0 Å². The summed E-state index contributed by atoms with van der Waals surface area (Å²) in [6.45, 7) is -1.85. The van der Waals surface area contributed by atoms with Gasteiger partial charge in [0.15, 0.2) is 12.9 Å². The smallest absolute Gasteiger partial charge is 0.456 e. The Kier molecular flexibility index (Phi) is 4.33. The summed E-state index contributed by atoms with van der Waals surface area (Å²) in [4.78, 5) is 10.6. The van der Waals surface area contributed by atoms with Crippen LogP contribution in [0, 0.1) is 0 Å². The number of alkyl halides is 5. The summed E-state index contributed by atoms with van der Waals surface area (Å²) in [5.41, 5.74) is 0.123. The first kappa shape index (κ1) is 15.2. The minimum Gasteiger partial charge on any atom is -0.496 e. The molecule has 0 aliphatic carbocycles. The lowest BCUT2D eigenvalue weighted by Gasteiger charge is -2.20. The molecule has 1 aromatic carbocycles. The third kappa shape index (κ3) is 3.55. The molecule has 3 nitrogen and oxygen atoms in total. The molecule has 0 atom stereocenters. The fraction of sp³-hybridized carbons (Fsp3) is 0.364. The number of carbonyl (C=O) groups is 1. The molecule has 0 heterocycles. The molecule has 106 valence electrons. The molecule has 0 radical (unpaired) electrons. The van der Waals surface area contributed by atoms with Crippen molar-refractivity contribution >= 4 is 6.29 Å². The van der Waals surface area contributed by atoms with Crippen molar-refractivity contribution in [1.82, 2.24) is 0 Å². The number of ether oxygens (including phenoxy) is 2. The molecule has 0 spiro atoms. The highest BCUT2D eigenvalue weighted by molar-refractivity contribution is 5.79. The molecule has 0 aliphatic heterocycles. The van der Waals surface area contributed by atoms with E-state index in [0.29, 0.717) is 6.29 Å². The van der Waals surface area contributed by atoms with Crippen LogP contribution >= 0.6 is 0 Å². The van der Waals surface area contributed by atoms with E-state index < -0.39 is 18.7 Å². The second kappa shape index (κ2) is 5.41. The lowest BCUT2D eigenvalue weighted by Crippen LogP contribution is -2.41. The molecule has 0 amide bonds. The lowest BCUT2D eigenvalue weighted by atomic mass is 10.2. The van der Waals surface area contributed by atoms with E-state index >= 15 is 0 Å². The Bertz CT molecular complexity index is 456. The number of halogens is 5. The zero-order valence-electron chi connectivity index (χ0n) is 9.63. The Morgan fingerprint density at radius 2 is 1.84 bits per heavy atom. The first-order valence-corrected chi connectivity index (χ1v) is 4.92. The molecule has 0 N–H and O–H groups in total. The predicted molar refractivity (Wildman–Crippen MR) is 54.9 cm³/mol. The number of methoxy groups -OCH3 is 1. The molecule has 0 aromatic heterocycles. The summed E-state index contributed by atoms with van der Waals surface area (Å²) >= 11 is 0. The monoisotopic (exact) mass is 284 g/mol. The summed E-state index contributed by atoms with van der Waals surface area (Å²) in [5.74, 6) is -5.20. The average molecular weight is 284 g/mol. The maximum atomic E-state index is 12.6. The third-order valence-corrected chi connectivity index (χ3v) is 2.17. The van der Waals surface area contributed by atoms with Crippen LogP contribution in [0.15, 0.2) is 18.2 Å². The lowest BCUT2D eigenvalue weighted by molar-refractivity contribution is -0.290. The Labute approximate surface area is 104 Å². The van der Waals surface area contributed by atoms with Gasteiger partial charge in [0.1, 0.15) is 11.5 Å². The van der Waals surface area contributed by atoms with Gasteiger partial charge in [0.05, 0.1) is 12.7 Å². The normalized spacial score (nSPS) is 12.1. The Morgan fingerprint density at radius 3 is 2.32 bits per heavy atom. The van der Waals surface area contributed by atoms with Crippen molar-refractivity contribution in [2.45, 2.75) is 12.1 Å². The molecule has 8 heteroatoms. The first-order chi connectivity index (χ1) is 8.71.